The van der Waals surface area contributed by atoms with Crippen LogP contribution in [-0.4, -0.2) is 264 Å². The maximum absolute atomic E-state index is 16.2. The highest BCUT2D eigenvalue weighted by atomic mass is 32.2. The van der Waals surface area contributed by atoms with E-state index in [4.69, 9.17) is 55.0 Å². The van der Waals surface area contributed by atoms with E-state index < -0.39 is 254 Å². The molecule has 1 aromatic heterocycles. The van der Waals surface area contributed by atoms with Crippen LogP contribution >= 0.6 is 11.8 Å². The fourth-order valence-electron chi connectivity index (χ4n) is 18.8. The lowest BCUT2D eigenvalue weighted by Gasteiger charge is -2.38. The third-order valence-electron chi connectivity index (χ3n) is 26.8. The lowest BCUT2D eigenvalue weighted by Crippen LogP contribution is -2.67. The molecule has 15 atom stereocenters. The number of aliphatic hydroxyl groups is 1. The van der Waals surface area contributed by atoms with E-state index in [2.05, 4.69) is 84.7 Å². The number of guanidine groups is 1. The van der Waals surface area contributed by atoms with Crippen molar-refractivity contribution in [2.75, 3.05) is 51.0 Å². The molecule has 18 amide bonds. The van der Waals surface area contributed by atoms with Gasteiger partial charge in [0.25, 0.3) is 0 Å². The molecule has 9 rings (SSSR count). The Balaban J connectivity index is 1.10. The minimum Gasteiger partial charge on any atom is -0.492 e. The SMILES string of the molecule is CC(=O)NC(CCCNC(=N)N)C(=O)NC1CCSCC(C(=O)NC(Cc2ccc(OCCN)cc2)C(=O)NC(Cc2ccc3ccccc3c2)C(=O)NC2(C(=O)NC(CCCCNC3CCCCCC(C4CCCCCC4)CC3)C(=O)NC(CC(N)=O)C(=O)NC(CC(N)=O)C(N)=O)CCOCC2)NC(=O)C(CCC(N)=O)NC(=O)C(Cc2c[nH]c3ccccc23)NC(=O)C(C(C)O)NC(=O)C(CCC(N)=O)NC1=O. The quantitative estimate of drug-likeness (QED) is 0.00884. The summed E-state index contributed by atoms with van der Waals surface area (Å²) in [6.07, 6.45) is 9.63. The highest BCUT2D eigenvalue weighted by molar-refractivity contribution is 7.99. The van der Waals surface area contributed by atoms with E-state index in [1.54, 1.807) is 79.0 Å². The number of hydrogen-bond acceptors (Lipinski definition) is 25. The Hall–Kier alpha value is -13.6. The lowest BCUT2D eigenvalue weighted by molar-refractivity contribution is -0.141. The molecule has 4 aliphatic rings. The van der Waals surface area contributed by atoms with Gasteiger partial charge in [0.2, 0.25) is 106 Å². The van der Waals surface area contributed by atoms with Crippen LogP contribution in [0.3, 0.4) is 0 Å². The summed E-state index contributed by atoms with van der Waals surface area (Å²) in [6.45, 7) is 2.75. The number of fused-ring (bicyclic) bond motifs is 2. The van der Waals surface area contributed by atoms with Gasteiger partial charge in [-0.15, -0.1) is 0 Å². The summed E-state index contributed by atoms with van der Waals surface area (Å²) in [7, 11) is 0. The number of para-hydroxylation sites is 1. The van der Waals surface area contributed by atoms with Gasteiger partial charge in [-0.3, -0.25) is 91.7 Å². The van der Waals surface area contributed by atoms with E-state index in [-0.39, 0.29) is 96.1 Å². The summed E-state index contributed by atoms with van der Waals surface area (Å²) in [4.78, 5) is 262. The van der Waals surface area contributed by atoms with E-state index in [9.17, 15) is 53.1 Å². The number of nitrogens with two attached hydrogens (primary N) is 7. The second-order valence-corrected chi connectivity index (χ2v) is 39.3. The maximum Gasteiger partial charge on any atom is 0.246 e. The molecule has 4 fully saturated rings. The van der Waals surface area contributed by atoms with Gasteiger partial charge in [0.15, 0.2) is 5.96 Å². The molecule has 3 heterocycles. The van der Waals surface area contributed by atoms with Crippen LogP contribution in [0, 0.1) is 17.2 Å². The van der Waals surface area contributed by atoms with Gasteiger partial charge < -0.3 is 139 Å². The van der Waals surface area contributed by atoms with Crippen molar-refractivity contribution in [2.24, 2.45) is 52.0 Å². The molecule has 32 N–H and O–H groups in total. The smallest absolute Gasteiger partial charge is 0.246 e. The maximum atomic E-state index is 16.2. The number of aromatic amines is 1. The Morgan fingerprint density at radius 3 is 1.75 bits per heavy atom. The summed E-state index contributed by atoms with van der Waals surface area (Å²) >= 11 is 0.869. The minimum absolute atomic E-state index is 0.0561. The van der Waals surface area contributed by atoms with Crippen LogP contribution in [0.5, 0.6) is 5.75 Å². The van der Waals surface area contributed by atoms with Crippen LogP contribution in [0.4, 0.5) is 0 Å². The van der Waals surface area contributed by atoms with Crippen LogP contribution in [0.2, 0.25) is 0 Å². The molecule has 0 radical (unpaired) electrons. The van der Waals surface area contributed by atoms with E-state index in [0.29, 0.717) is 63.5 Å². The Morgan fingerprint density at radius 1 is 0.541 bits per heavy atom. The number of ether oxygens (including phenoxy) is 2. The van der Waals surface area contributed by atoms with E-state index in [1.165, 1.54) is 51.4 Å². The molecular formula is C100H146N24O21S. The van der Waals surface area contributed by atoms with Crippen molar-refractivity contribution in [3.05, 3.63) is 114 Å². The molecule has 0 bridgehead atoms. The molecule has 4 aromatic carbocycles. The Bertz CT molecular complexity index is 5330. The number of carbonyl (C=O) groups is 18. The van der Waals surface area contributed by atoms with Crippen molar-refractivity contribution in [3.8, 4) is 5.75 Å². The summed E-state index contributed by atoms with van der Waals surface area (Å²) < 4.78 is 11.7. The molecule has 0 spiro atoms. The largest absolute Gasteiger partial charge is 0.492 e. The first kappa shape index (κ1) is 116. The standard InChI is InChI=1S/C100H146N24O21S/c1-57(125)85-97(142)120-78(52-65-55-111-69-24-13-12-23-68(65)69)93(138)114-72(35-37-81(102)127)89(134)121-80(56-146-48-39-74(90(135)113-73(91(136)123-85)36-38-82(103)128)115-87(132)70(112-58(2)126)26-16-44-110-99(107)108)95(140)117-76(50-59-28-33-67(34-29-59)145-47-42-101)92(137)118-77(51-60-27-30-63-20-10-11-21-64(63)49-60)96(141)124-100(40-45-144-46-41-100)98(143)122-71(88(133)119-79(54-84(105)130)94(139)116-75(86(106)131)53-83(104)129)25-14-15-43-109-66-22-9-5-8-19-62(31-32-66)61-17-6-3-4-7-18-61/h10-13,20-21,23-24,27-30,33-34,49,55,57,61-62,66,70-80,85,109,111,125H,3-9,14-19,22,25-26,31-32,35-48,50-54,56,101H2,1-2H3,(H2,102,127)(H2,103,128)(H2,104,129)(H2,105,130)(H2,106,131)(H,112,126)(H,113,135)(H,114,138)(H,115,132)(H,116,139)(H,117,140)(H,118,137)(H,119,133)(H,120,142)(H,121,134)(H,122,143)(H,123,136)(H,124,141)(H4,107,108,110). The molecule has 2 saturated carbocycles. The van der Waals surface area contributed by atoms with Gasteiger partial charge in [-0.1, -0.05) is 137 Å². The number of nitrogens with one attached hydrogen (secondary N) is 17. The Kier molecular flexibility index (Phi) is 47.0. The van der Waals surface area contributed by atoms with Gasteiger partial charge >= 0.3 is 0 Å². The Morgan fingerprint density at radius 2 is 1.10 bits per heavy atom. The van der Waals surface area contributed by atoms with Gasteiger partial charge in [-0.25, -0.2) is 0 Å². The van der Waals surface area contributed by atoms with Crippen LogP contribution in [0.1, 0.15) is 204 Å². The first-order valence-corrected chi connectivity index (χ1v) is 51.5. The number of H-pyrrole nitrogens is 1. The molecule has 146 heavy (non-hydrogen) atoms. The molecule has 798 valence electrons. The zero-order valence-electron chi connectivity index (χ0n) is 82.9. The van der Waals surface area contributed by atoms with Crippen LogP contribution in [-0.2, 0) is 110 Å². The van der Waals surface area contributed by atoms with Crippen molar-refractivity contribution in [2.45, 2.75) is 297 Å². The summed E-state index contributed by atoms with van der Waals surface area (Å²) in [5, 5.41) is 61.6. The molecule has 46 heteroatoms. The predicted octanol–water partition coefficient (Wildman–Crippen LogP) is -1.80. The van der Waals surface area contributed by atoms with E-state index in [0.717, 1.165) is 63.1 Å². The van der Waals surface area contributed by atoms with Crippen molar-refractivity contribution >= 4 is 146 Å². The zero-order valence-corrected chi connectivity index (χ0v) is 83.7. The first-order chi connectivity index (χ1) is 69.8. The second-order valence-electron chi connectivity index (χ2n) is 38.1. The van der Waals surface area contributed by atoms with Crippen molar-refractivity contribution < 1.29 is 101 Å². The number of thioether (sulfide) groups is 1. The van der Waals surface area contributed by atoms with E-state index in [1.807, 2.05) is 18.2 Å². The Labute approximate surface area is 851 Å². The number of amides is 18. The van der Waals surface area contributed by atoms with E-state index >= 15 is 38.4 Å². The van der Waals surface area contributed by atoms with Crippen LogP contribution in [0.25, 0.3) is 21.7 Å². The fourth-order valence-corrected chi connectivity index (χ4v) is 19.8. The zero-order chi connectivity index (χ0) is 106. The molecule has 2 aliphatic carbocycles. The topological polar surface area (TPSA) is 748 Å². The number of benzene rings is 4. The minimum atomic E-state index is -1.99. The number of hydrogen-bond donors (Lipinski definition) is 25. The molecule has 2 saturated heterocycles. The monoisotopic (exact) mass is 2050 g/mol. The molecular weight excluding hydrogens is 1910 g/mol. The molecule has 2 aliphatic heterocycles. The number of aliphatic hydroxyl groups excluding tert-OH is 1. The average molecular weight is 2050 g/mol. The highest BCUT2D eigenvalue weighted by Gasteiger charge is 2.46. The number of unbranched alkanes of at least 4 members (excludes halogenated alkanes) is 1. The number of carbonyl (C=O) groups excluding carboxylic acids is 18. The van der Waals surface area contributed by atoms with Crippen molar-refractivity contribution in [1.29, 1.82) is 5.41 Å². The third-order valence-corrected chi connectivity index (χ3v) is 27.9. The number of aromatic nitrogens is 1. The first-order valence-electron chi connectivity index (χ1n) is 50.3. The third kappa shape index (κ3) is 38.1. The lowest BCUT2D eigenvalue weighted by atomic mass is 9.80. The van der Waals surface area contributed by atoms with Gasteiger partial charge in [0, 0.05) is 107 Å². The summed E-state index contributed by atoms with van der Waals surface area (Å²) in [5.74, 6) is -18.4. The van der Waals surface area contributed by atoms with Crippen LogP contribution in [0.15, 0.2) is 97.2 Å². The molecule has 45 nitrogen and oxygen atoms in total. The molecule has 15 unspecified atom stereocenters. The van der Waals surface area contributed by atoms with Gasteiger partial charge in [-0.05, 0) is 147 Å². The van der Waals surface area contributed by atoms with Crippen LogP contribution < -0.4 is 125 Å². The normalized spacial score (nSPS) is 21.1. The summed E-state index contributed by atoms with van der Waals surface area (Å²) in [6, 6.07) is 5.08. The highest BCUT2D eigenvalue weighted by Crippen LogP contribution is 2.37. The predicted molar refractivity (Wildman–Crippen MR) is 543 cm³/mol. The second kappa shape index (κ2) is 59.1. The summed E-state index contributed by atoms with van der Waals surface area (Å²) in [5.41, 5.74) is 39.1. The number of primary amides is 5. The van der Waals surface area contributed by atoms with Gasteiger partial charge in [-0.2, -0.15) is 11.8 Å². The number of rotatable bonds is 47. The van der Waals surface area contributed by atoms with Gasteiger partial charge in [0.1, 0.15) is 90.4 Å². The van der Waals surface area contributed by atoms with Crippen molar-refractivity contribution in [1.82, 2.24) is 84.7 Å². The fraction of sp³-hybridized carbons (Fsp3) is 0.570. The van der Waals surface area contributed by atoms with Gasteiger partial charge in [0.05, 0.1) is 18.9 Å². The van der Waals surface area contributed by atoms with Crippen molar-refractivity contribution in [3.63, 3.8) is 0 Å². The molecule has 5 aromatic rings. The average Bonchev–Trinajstić information content (AvgIpc) is 1.21.